The summed E-state index contributed by atoms with van der Waals surface area (Å²) in [6.45, 7) is 10.3. The van der Waals surface area contributed by atoms with Crippen molar-refractivity contribution >= 4 is 6.09 Å². The van der Waals surface area contributed by atoms with Crippen LogP contribution in [0.25, 0.3) is 0 Å². The fourth-order valence-corrected chi connectivity index (χ4v) is 2.57. The van der Waals surface area contributed by atoms with Crippen LogP contribution in [0.4, 0.5) is 4.79 Å². The molecule has 2 bridgehead atoms. The monoisotopic (exact) mass is 334 g/mol. The van der Waals surface area contributed by atoms with E-state index < -0.39 is 5.60 Å². The topological polar surface area (TPSA) is 66.5 Å². The van der Waals surface area contributed by atoms with Gasteiger partial charge in [0.1, 0.15) is 5.60 Å². The molecular formula is C18H30N4O2. The van der Waals surface area contributed by atoms with E-state index in [1.807, 2.05) is 37.8 Å². The Balaban J connectivity index is 1.92. The van der Waals surface area contributed by atoms with Gasteiger partial charge in [-0.1, -0.05) is 6.07 Å². The lowest BCUT2D eigenvalue weighted by Gasteiger charge is -2.27. The van der Waals surface area contributed by atoms with Crippen molar-refractivity contribution in [2.45, 2.75) is 52.3 Å². The lowest BCUT2D eigenvalue weighted by Crippen LogP contribution is -2.39. The minimum atomic E-state index is -0.457. The molecule has 2 rings (SSSR count). The average molecular weight is 334 g/mol. The lowest BCUT2D eigenvalue weighted by atomic mass is 10.2. The third kappa shape index (κ3) is 6.84. The van der Waals surface area contributed by atoms with Gasteiger partial charge in [-0.15, -0.1) is 0 Å². The summed E-state index contributed by atoms with van der Waals surface area (Å²) in [4.78, 5) is 18.8. The number of pyridine rings is 1. The second kappa shape index (κ2) is 8.99. The minimum absolute atomic E-state index is 0.221. The quantitative estimate of drug-likeness (QED) is 0.762. The van der Waals surface area contributed by atoms with Gasteiger partial charge in [-0.3, -0.25) is 4.98 Å². The molecule has 0 atom stereocenters. The second-order valence-electron chi connectivity index (χ2n) is 7.15. The molecule has 1 aliphatic heterocycles. The number of nitrogens with one attached hydrogen (secondary N) is 2. The fraction of sp³-hybridized carbons (Fsp3) is 0.667. The zero-order chi connectivity index (χ0) is 17.4. The van der Waals surface area contributed by atoms with Crippen molar-refractivity contribution in [3.8, 4) is 0 Å². The molecule has 6 nitrogen and oxygen atoms in total. The highest BCUT2D eigenvalue weighted by Gasteiger charge is 2.21. The van der Waals surface area contributed by atoms with Crippen molar-refractivity contribution in [2.24, 2.45) is 0 Å². The molecule has 0 saturated carbocycles. The Morgan fingerprint density at radius 3 is 2.12 bits per heavy atom. The molecule has 0 unspecified atom stereocenters. The van der Waals surface area contributed by atoms with Gasteiger partial charge in [0, 0.05) is 26.2 Å². The summed E-state index contributed by atoms with van der Waals surface area (Å²) in [5.74, 6) is 0. The van der Waals surface area contributed by atoms with E-state index in [1.165, 1.54) is 0 Å². The van der Waals surface area contributed by atoms with Crippen LogP contribution in [0, 0.1) is 0 Å². The SMILES string of the molecule is CC(C)(C)OC(=O)N1CCCNCc2cccc(n2)CNCCC1. The summed E-state index contributed by atoms with van der Waals surface area (Å²) in [6.07, 6.45) is 1.57. The van der Waals surface area contributed by atoms with Crippen LogP contribution in [0.2, 0.25) is 0 Å². The van der Waals surface area contributed by atoms with Crippen LogP contribution in [-0.2, 0) is 17.8 Å². The number of fused-ring (bicyclic) bond motifs is 2. The van der Waals surface area contributed by atoms with Gasteiger partial charge in [-0.05, 0) is 58.8 Å². The van der Waals surface area contributed by atoms with E-state index in [4.69, 9.17) is 4.74 Å². The van der Waals surface area contributed by atoms with Crippen molar-refractivity contribution in [3.05, 3.63) is 29.6 Å². The Kier molecular flexibility index (Phi) is 6.99. The van der Waals surface area contributed by atoms with Gasteiger partial charge in [-0.2, -0.15) is 0 Å². The summed E-state index contributed by atoms with van der Waals surface area (Å²) in [6, 6.07) is 6.13. The molecule has 0 aliphatic carbocycles. The smallest absolute Gasteiger partial charge is 0.410 e. The maximum atomic E-state index is 12.3. The number of aromatic nitrogens is 1. The van der Waals surface area contributed by atoms with E-state index in [0.717, 1.165) is 50.4 Å². The number of rotatable bonds is 0. The number of nitrogens with zero attached hydrogens (tertiary/aromatic N) is 2. The summed E-state index contributed by atoms with van der Waals surface area (Å²) < 4.78 is 5.52. The number of carbonyl (C=O) groups excluding carboxylic acids is 1. The highest BCUT2D eigenvalue weighted by atomic mass is 16.6. The van der Waals surface area contributed by atoms with E-state index in [9.17, 15) is 4.79 Å². The molecule has 0 fully saturated rings. The predicted octanol–water partition coefficient (Wildman–Crippen LogP) is 2.29. The van der Waals surface area contributed by atoms with Gasteiger partial charge in [-0.25, -0.2) is 4.79 Å². The molecule has 134 valence electrons. The standard InChI is InChI=1S/C18H30N4O2/c1-18(2,3)24-17(23)22-11-5-9-19-13-15-7-4-8-16(21-15)14-20-10-6-12-22/h4,7-8,19-20H,5-6,9-14H2,1-3H3. The van der Waals surface area contributed by atoms with E-state index in [0.29, 0.717) is 13.1 Å². The number of amides is 1. The summed E-state index contributed by atoms with van der Waals surface area (Å²) in [5, 5.41) is 6.79. The maximum absolute atomic E-state index is 12.3. The zero-order valence-corrected chi connectivity index (χ0v) is 15.1. The summed E-state index contributed by atoms with van der Waals surface area (Å²) >= 11 is 0. The Morgan fingerprint density at radius 2 is 1.62 bits per heavy atom. The molecule has 1 amide bonds. The molecule has 0 spiro atoms. The first-order chi connectivity index (χ1) is 11.4. The maximum Gasteiger partial charge on any atom is 0.410 e. The van der Waals surface area contributed by atoms with Crippen LogP contribution in [0.15, 0.2) is 18.2 Å². The molecule has 24 heavy (non-hydrogen) atoms. The Morgan fingerprint density at radius 1 is 1.08 bits per heavy atom. The molecule has 0 radical (unpaired) electrons. The number of carbonyl (C=O) groups is 1. The first-order valence-electron chi connectivity index (χ1n) is 8.78. The number of hydrogen-bond donors (Lipinski definition) is 2. The first-order valence-corrected chi connectivity index (χ1v) is 8.78. The van der Waals surface area contributed by atoms with Gasteiger partial charge in [0.05, 0.1) is 11.4 Å². The Labute approximate surface area is 145 Å². The van der Waals surface area contributed by atoms with E-state index in [1.54, 1.807) is 0 Å². The average Bonchev–Trinajstić information content (AvgIpc) is 2.50. The fourth-order valence-electron chi connectivity index (χ4n) is 2.57. The molecule has 0 saturated heterocycles. The van der Waals surface area contributed by atoms with Gasteiger partial charge < -0.3 is 20.3 Å². The highest BCUT2D eigenvalue weighted by molar-refractivity contribution is 5.68. The van der Waals surface area contributed by atoms with Crippen molar-refractivity contribution in [1.29, 1.82) is 0 Å². The van der Waals surface area contributed by atoms with E-state index >= 15 is 0 Å². The Hall–Kier alpha value is -1.66. The van der Waals surface area contributed by atoms with E-state index in [2.05, 4.69) is 21.7 Å². The predicted molar refractivity (Wildman–Crippen MR) is 94.7 cm³/mol. The second-order valence-corrected chi connectivity index (χ2v) is 7.15. The van der Waals surface area contributed by atoms with E-state index in [-0.39, 0.29) is 6.09 Å². The summed E-state index contributed by atoms with van der Waals surface area (Å²) in [7, 11) is 0. The van der Waals surface area contributed by atoms with Crippen LogP contribution in [0.5, 0.6) is 0 Å². The third-order valence-electron chi connectivity index (χ3n) is 3.69. The first kappa shape index (κ1) is 18.7. The lowest BCUT2D eigenvalue weighted by molar-refractivity contribution is 0.0246. The number of ether oxygens (including phenoxy) is 1. The molecule has 2 N–H and O–H groups in total. The minimum Gasteiger partial charge on any atom is -0.444 e. The third-order valence-corrected chi connectivity index (χ3v) is 3.69. The molecule has 1 aliphatic rings. The van der Waals surface area contributed by atoms with Crippen molar-refractivity contribution in [2.75, 3.05) is 26.2 Å². The molecule has 6 heteroatoms. The molecule has 2 heterocycles. The molecule has 0 aromatic carbocycles. The van der Waals surface area contributed by atoms with Gasteiger partial charge >= 0.3 is 6.09 Å². The van der Waals surface area contributed by atoms with Crippen molar-refractivity contribution in [3.63, 3.8) is 0 Å². The van der Waals surface area contributed by atoms with Crippen LogP contribution in [0.1, 0.15) is 45.0 Å². The van der Waals surface area contributed by atoms with Crippen LogP contribution >= 0.6 is 0 Å². The van der Waals surface area contributed by atoms with Gasteiger partial charge in [0.25, 0.3) is 0 Å². The van der Waals surface area contributed by atoms with Gasteiger partial charge in [0.2, 0.25) is 0 Å². The summed E-state index contributed by atoms with van der Waals surface area (Å²) in [5.41, 5.74) is 1.65. The molecule has 1 aromatic rings. The van der Waals surface area contributed by atoms with Crippen LogP contribution < -0.4 is 10.6 Å². The van der Waals surface area contributed by atoms with Crippen molar-refractivity contribution < 1.29 is 9.53 Å². The Bertz CT molecular complexity index is 499. The van der Waals surface area contributed by atoms with Crippen molar-refractivity contribution in [1.82, 2.24) is 20.5 Å². The highest BCUT2D eigenvalue weighted by Crippen LogP contribution is 2.10. The molecular weight excluding hydrogens is 304 g/mol. The van der Waals surface area contributed by atoms with Gasteiger partial charge in [0.15, 0.2) is 0 Å². The normalized spacial score (nSPS) is 17.9. The largest absolute Gasteiger partial charge is 0.444 e. The van der Waals surface area contributed by atoms with Crippen LogP contribution in [-0.4, -0.2) is 47.8 Å². The van der Waals surface area contributed by atoms with Crippen LogP contribution in [0.3, 0.4) is 0 Å². The molecule has 1 aromatic heterocycles. The zero-order valence-electron chi connectivity index (χ0n) is 15.1. The number of hydrogen-bond acceptors (Lipinski definition) is 5.